The van der Waals surface area contributed by atoms with E-state index in [-0.39, 0.29) is 6.61 Å². The van der Waals surface area contributed by atoms with Gasteiger partial charge in [0.2, 0.25) is 0 Å². The minimum atomic E-state index is -0.920. The Hall–Kier alpha value is -2.34. The fourth-order valence-corrected chi connectivity index (χ4v) is 3.09. The van der Waals surface area contributed by atoms with Crippen molar-refractivity contribution in [2.24, 2.45) is 7.05 Å². The van der Waals surface area contributed by atoms with Crippen LogP contribution in [0, 0.1) is 0 Å². The number of thiophene rings is 1. The van der Waals surface area contributed by atoms with E-state index >= 15 is 0 Å². The zero-order valence-corrected chi connectivity index (χ0v) is 11.6. The fourth-order valence-electron chi connectivity index (χ4n) is 2.04. The molecule has 0 unspecified atom stereocenters. The zero-order chi connectivity index (χ0) is 14.1. The number of carboxylic acid groups (broad SMARTS) is 1. The van der Waals surface area contributed by atoms with Crippen molar-refractivity contribution < 1.29 is 14.6 Å². The van der Waals surface area contributed by atoms with Gasteiger partial charge in [-0.25, -0.2) is 4.79 Å². The van der Waals surface area contributed by atoms with Gasteiger partial charge in [-0.05, 0) is 11.5 Å². The quantitative estimate of drug-likeness (QED) is 0.801. The SMILES string of the molecule is Cn1cc(OCc2c(C(=O)O)sc3ccccc23)cn1. The van der Waals surface area contributed by atoms with Crippen LogP contribution in [-0.2, 0) is 13.7 Å². The van der Waals surface area contributed by atoms with Crippen LogP contribution in [0.1, 0.15) is 15.2 Å². The highest BCUT2D eigenvalue weighted by Crippen LogP contribution is 2.32. The molecule has 0 aliphatic heterocycles. The maximum Gasteiger partial charge on any atom is 0.346 e. The van der Waals surface area contributed by atoms with Crippen LogP contribution in [0.4, 0.5) is 0 Å². The lowest BCUT2D eigenvalue weighted by molar-refractivity contribution is 0.0699. The number of rotatable bonds is 4. The summed E-state index contributed by atoms with van der Waals surface area (Å²) in [5.74, 6) is -0.296. The molecule has 0 aliphatic carbocycles. The summed E-state index contributed by atoms with van der Waals surface area (Å²) < 4.78 is 8.22. The molecule has 3 rings (SSSR count). The number of fused-ring (bicyclic) bond motifs is 1. The molecule has 6 heteroatoms. The Balaban J connectivity index is 1.96. The Bertz CT molecular complexity index is 776. The molecular formula is C14H12N2O3S. The Morgan fingerprint density at radius 1 is 1.45 bits per heavy atom. The summed E-state index contributed by atoms with van der Waals surface area (Å²) in [6.07, 6.45) is 3.35. The molecule has 0 bridgehead atoms. The van der Waals surface area contributed by atoms with Gasteiger partial charge in [0, 0.05) is 17.3 Å². The van der Waals surface area contributed by atoms with Crippen molar-refractivity contribution in [3.05, 3.63) is 47.1 Å². The Kier molecular flexibility index (Phi) is 3.15. The largest absolute Gasteiger partial charge is 0.486 e. The van der Waals surface area contributed by atoms with Crippen molar-refractivity contribution in [3.63, 3.8) is 0 Å². The molecule has 0 aliphatic rings. The topological polar surface area (TPSA) is 64.3 Å². The van der Waals surface area contributed by atoms with Gasteiger partial charge < -0.3 is 9.84 Å². The fraction of sp³-hybridized carbons (Fsp3) is 0.143. The number of benzene rings is 1. The predicted molar refractivity (Wildman–Crippen MR) is 76.3 cm³/mol. The number of hydrogen-bond acceptors (Lipinski definition) is 4. The number of carbonyl (C=O) groups is 1. The molecule has 0 radical (unpaired) electrons. The summed E-state index contributed by atoms with van der Waals surface area (Å²) in [5, 5.41) is 14.3. The summed E-state index contributed by atoms with van der Waals surface area (Å²) >= 11 is 1.27. The molecule has 2 heterocycles. The lowest BCUT2D eigenvalue weighted by Gasteiger charge is -2.04. The van der Waals surface area contributed by atoms with E-state index in [1.54, 1.807) is 24.1 Å². The second-order valence-corrected chi connectivity index (χ2v) is 5.40. The van der Waals surface area contributed by atoms with E-state index < -0.39 is 5.97 Å². The second kappa shape index (κ2) is 4.97. The molecule has 3 aromatic rings. The summed E-state index contributed by atoms with van der Waals surface area (Å²) in [5.41, 5.74) is 0.710. The van der Waals surface area contributed by atoms with Crippen molar-refractivity contribution in [2.75, 3.05) is 0 Å². The molecule has 5 nitrogen and oxygen atoms in total. The third kappa shape index (κ3) is 2.25. The molecule has 20 heavy (non-hydrogen) atoms. The van der Waals surface area contributed by atoms with E-state index in [0.29, 0.717) is 16.2 Å². The standard InChI is InChI=1S/C14H12N2O3S/c1-16-7-9(6-15-16)19-8-11-10-4-2-3-5-12(10)20-13(11)14(17)18/h2-7H,8H2,1H3,(H,17,18). The summed E-state index contributed by atoms with van der Waals surface area (Å²) in [6.45, 7) is 0.220. The third-order valence-corrected chi connectivity index (χ3v) is 4.16. The number of carboxylic acids is 1. The zero-order valence-electron chi connectivity index (χ0n) is 10.7. The first kappa shape index (κ1) is 12.7. The van der Waals surface area contributed by atoms with Gasteiger partial charge in [-0.3, -0.25) is 4.68 Å². The van der Waals surface area contributed by atoms with Gasteiger partial charge in [0.25, 0.3) is 0 Å². The normalized spacial score (nSPS) is 10.8. The van der Waals surface area contributed by atoms with Crippen molar-refractivity contribution in [3.8, 4) is 5.75 Å². The van der Waals surface area contributed by atoms with Crippen LogP contribution in [0.3, 0.4) is 0 Å². The Labute approximate surface area is 119 Å². The van der Waals surface area contributed by atoms with Crippen LogP contribution in [0.5, 0.6) is 5.75 Å². The van der Waals surface area contributed by atoms with E-state index in [4.69, 9.17) is 4.74 Å². The second-order valence-electron chi connectivity index (χ2n) is 4.35. The molecule has 0 saturated carbocycles. The first-order chi connectivity index (χ1) is 9.65. The van der Waals surface area contributed by atoms with Crippen LogP contribution in [0.2, 0.25) is 0 Å². The number of aromatic carboxylic acids is 1. The van der Waals surface area contributed by atoms with Crippen molar-refractivity contribution in [2.45, 2.75) is 6.61 Å². The number of aromatic nitrogens is 2. The summed E-state index contributed by atoms with van der Waals surface area (Å²) in [6, 6.07) is 7.63. The highest BCUT2D eigenvalue weighted by Gasteiger charge is 2.18. The van der Waals surface area contributed by atoms with Crippen LogP contribution >= 0.6 is 11.3 Å². The van der Waals surface area contributed by atoms with Crippen molar-refractivity contribution >= 4 is 27.4 Å². The molecule has 2 aromatic heterocycles. The summed E-state index contributed by atoms with van der Waals surface area (Å²) in [4.78, 5) is 11.7. The lowest BCUT2D eigenvalue weighted by Crippen LogP contribution is -2.02. The molecule has 0 fully saturated rings. The first-order valence-corrected chi connectivity index (χ1v) is 6.82. The van der Waals surface area contributed by atoms with Gasteiger partial charge in [0.15, 0.2) is 5.75 Å². The molecule has 0 spiro atoms. The molecule has 0 atom stereocenters. The number of ether oxygens (including phenoxy) is 1. The van der Waals surface area contributed by atoms with Gasteiger partial charge in [-0.1, -0.05) is 18.2 Å². The molecule has 102 valence electrons. The number of nitrogens with zero attached hydrogens (tertiary/aromatic N) is 2. The Morgan fingerprint density at radius 2 is 2.25 bits per heavy atom. The molecular weight excluding hydrogens is 276 g/mol. The maximum absolute atomic E-state index is 11.3. The van der Waals surface area contributed by atoms with Crippen LogP contribution in [0.15, 0.2) is 36.7 Å². The van der Waals surface area contributed by atoms with Gasteiger partial charge >= 0.3 is 5.97 Å². The molecule has 0 saturated heterocycles. The van der Waals surface area contributed by atoms with E-state index in [1.807, 2.05) is 24.3 Å². The van der Waals surface area contributed by atoms with Crippen LogP contribution in [-0.4, -0.2) is 20.9 Å². The highest BCUT2D eigenvalue weighted by atomic mass is 32.1. The first-order valence-electron chi connectivity index (χ1n) is 6.00. The maximum atomic E-state index is 11.3. The minimum absolute atomic E-state index is 0.220. The predicted octanol–water partition coefficient (Wildman–Crippen LogP) is 2.91. The highest BCUT2D eigenvalue weighted by molar-refractivity contribution is 7.21. The number of aryl methyl sites for hydroxylation is 1. The van der Waals surface area contributed by atoms with Crippen LogP contribution < -0.4 is 4.74 Å². The van der Waals surface area contributed by atoms with Crippen molar-refractivity contribution in [1.82, 2.24) is 9.78 Å². The minimum Gasteiger partial charge on any atom is -0.486 e. The van der Waals surface area contributed by atoms with Gasteiger partial charge in [0.1, 0.15) is 11.5 Å². The van der Waals surface area contributed by atoms with E-state index in [2.05, 4.69) is 5.10 Å². The van der Waals surface area contributed by atoms with Crippen LogP contribution in [0.25, 0.3) is 10.1 Å². The monoisotopic (exact) mass is 288 g/mol. The summed E-state index contributed by atoms with van der Waals surface area (Å²) in [7, 11) is 1.80. The van der Waals surface area contributed by atoms with Crippen molar-refractivity contribution in [1.29, 1.82) is 0 Å². The molecule has 1 aromatic carbocycles. The Morgan fingerprint density at radius 3 is 2.95 bits per heavy atom. The smallest absolute Gasteiger partial charge is 0.346 e. The lowest BCUT2D eigenvalue weighted by atomic mass is 10.1. The van der Waals surface area contributed by atoms with Gasteiger partial charge in [0.05, 0.1) is 12.4 Å². The number of hydrogen-bond donors (Lipinski definition) is 1. The average molecular weight is 288 g/mol. The molecule has 0 amide bonds. The van der Waals surface area contributed by atoms with E-state index in [0.717, 1.165) is 10.1 Å². The third-order valence-electron chi connectivity index (χ3n) is 2.96. The van der Waals surface area contributed by atoms with Gasteiger partial charge in [-0.15, -0.1) is 11.3 Å². The van der Waals surface area contributed by atoms with Gasteiger partial charge in [-0.2, -0.15) is 5.10 Å². The average Bonchev–Trinajstić information content (AvgIpc) is 3.00. The molecule has 1 N–H and O–H groups in total. The van der Waals surface area contributed by atoms with E-state index in [1.165, 1.54) is 11.3 Å². The van der Waals surface area contributed by atoms with E-state index in [9.17, 15) is 9.90 Å².